The number of amides is 1. The van der Waals surface area contributed by atoms with E-state index in [9.17, 15) is 4.79 Å². The van der Waals surface area contributed by atoms with E-state index in [-0.39, 0.29) is 12.5 Å². The highest BCUT2D eigenvalue weighted by Crippen LogP contribution is 2.21. The number of ether oxygens (including phenoxy) is 1. The van der Waals surface area contributed by atoms with Crippen LogP contribution in [0.4, 0.5) is 5.00 Å². The topological polar surface area (TPSA) is 92.4 Å². The highest BCUT2D eigenvalue weighted by Gasteiger charge is 2.16. The highest BCUT2D eigenvalue weighted by molar-refractivity contribution is 7.14. The van der Waals surface area contributed by atoms with Crippen LogP contribution in [0.15, 0.2) is 11.4 Å². The van der Waals surface area contributed by atoms with Crippen molar-refractivity contribution in [3.8, 4) is 12.1 Å². The molecule has 2 heterocycles. The van der Waals surface area contributed by atoms with E-state index in [0.717, 1.165) is 39.4 Å². The van der Waals surface area contributed by atoms with E-state index in [0.29, 0.717) is 23.5 Å². The fourth-order valence-electron chi connectivity index (χ4n) is 2.45. The normalized spacial score (nSPS) is 15.0. The lowest BCUT2D eigenvalue weighted by Crippen LogP contribution is -2.43. The Morgan fingerprint density at radius 1 is 1.38 bits per heavy atom. The molecule has 0 aliphatic carbocycles. The molecule has 1 aromatic rings. The van der Waals surface area contributed by atoms with Crippen LogP contribution in [-0.4, -0.2) is 68.2 Å². The molecule has 0 saturated carbocycles. The van der Waals surface area contributed by atoms with E-state index in [1.807, 2.05) is 4.90 Å². The Bertz CT molecular complexity index is 613. The molecule has 0 unspecified atom stereocenters. The predicted molar refractivity (Wildman–Crippen MR) is 91.6 cm³/mol. The van der Waals surface area contributed by atoms with Crippen LogP contribution in [0.5, 0.6) is 0 Å². The second-order valence-electron chi connectivity index (χ2n) is 5.46. The molecule has 128 valence electrons. The summed E-state index contributed by atoms with van der Waals surface area (Å²) in [5.41, 5.74) is 0.477. The van der Waals surface area contributed by atoms with Crippen LogP contribution in [0.3, 0.4) is 0 Å². The van der Waals surface area contributed by atoms with Gasteiger partial charge in [-0.05, 0) is 11.4 Å². The fourth-order valence-corrected chi connectivity index (χ4v) is 3.20. The van der Waals surface area contributed by atoms with Gasteiger partial charge in [0.05, 0.1) is 31.4 Å². The summed E-state index contributed by atoms with van der Waals surface area (Å²) in [6, 6.07) is 5.87. The van der Waals surface area contributed by atoms with Crippen LogP contribution in [-0.2, 0) is 9.53 Å². The van der Waals surface area contributed by atoms with Crippen LogP contribution in [0, 0.1) is 22.7 Å². The van der Waals surface area contributed by atoms with Crippen LogP contribution in [0.25, 0.3) is 0 Å². The Balaban J connectivity index is 1.83. The molecule has 8 heteroatoms. The van der Waals surface area contributed by atoms with E-state index < -0.39 is 0 Å². The zero-order valence-electron chi connectivity index (χ0n) is 13.5. The minimum Gasteiger partial charge on any atom is -0.379 e. The van der Waals surface area contributed by atoms with Gasteiger partial charge in [-0.25, -0.2) is 0 Å². The summed E-state index contributed by atoms with van der Waals surface area (Å²) < 4.78 is 5.33. The van der Waals surface area contributed by atoms with Crippen LogP contribution >= 0.6 is 11.3 Å². The molecule has 2 rings (SSSR count). The van der Waals surface area contributed by atoms with E-state index >= 15 is 0 Å². The molecule has 0 aromatic carbocycles. The third-order valence-corrected chi connectivity index (χ3v) is 4.61. The SMILES string of the molecule is N#CCCN(CCN1CCOCC1)CC(=O)Nc1sccc1C#N. The lowest BCUT2D eigenvalue weighted by Gasteiger charge is -2.29. The van der Waals surface area contributed by atoms with Gasteiger partial charge in [-0.3, -0.25) is 14.6 Å². The quantitative estimate of drug-likeness (QED) is 0.757. The van der Waals surface area contributed by atoms with Gasteiger partial charge in [-0.1, -0.05) is 0 Å². The van der Waals surface area contributed by atoms with Gasteiger partial charge in [-0.2, -0.15) is 10.5 Å². The Hall–Kier alpha value is -1.97. The molecule has 1 saturated heterocycles. The summed E-state index contributed by atoms with van der Waals surface area (Å²) in [6.45, 7) is 5.65. The molecule has 0 atom stereocenters. The average Bonchev–Trinajstić information content (AvgIpc) is 3.05. The monoisotopic (exact) mass is 347 g/mol. The van der Waals surface area contributed by atoms with Crippen LogP contribution in [0.1, 0.15) is 12.0 Å². The van der Waals surface area contributed by atoms with Gasteiger partial charge < -0.3 is 10.1 Å². The van der Waals surface area contributed by atoms with E-state index in [2.05, 4.69) is 22.4 Å². The molecule has 1 amide bonds. The first-order valence-corrected chi connectivity index (χ1v) is 8.77. The van der Waals surface area contributed by atoms with E-state index in [4.69, 9.17) is 15.3 Å². The van der Waals surface area contributed by atoms with Crippen molar-refractivity contribution in [2.75, 3.05) is 57.8 Å². The minimum atomic E-state index is -0.158. The standard InChI is InChI=1S/C16H21N5O2S/c17-3-1-4-21(6-5-20-7-9-23-10-8-20)13-15(22)19-16-14(12-18)2-11-24-16/h2,11H,1,4-10,13H2,(H,19,22). The summed E-state index contributed by atoms with van der Waals surface area (Å²) in [6.07, 6.45) is 0.388. The summed E-state index contributed by atoms with van der Waals surface area (Å²) >= 11 is 1.34. The Kier molecular flexibility index (Phi) is 7.66. The smallest absolute Gasteiger partial charge is 0.239 e. The van der Waals surface area contributed by atoms with Gasteiger partial charge >= 0.3 is 0 Å². The number of carbonyl (C=O) groups excluding carboxylic acids is 1. The van der Waals surface area contributed by atoms with Crippen molar-refractivity contribution in [3.63, 3.8) is 0 Å². The van der Waals surface area contributed by atoms with E-state index in [1.54, 1.807) is 11.4 Å². The zero-order valence-corrected chi connectivity index (χ0v) is 14.3. The molecule has 0 radical (unpaired) electrons. The lowest BCUT2D eigenvalue weighted by atomic mass is 10.3. The number of hydrogen-bond donors (Lipinski definition) is 1. The molecule has 1 fully saturated rings. The van der Waals surface area contributed by atoms with Crippen molar-refractivity contribution in [3.05, 3.63) is 17.0 Å². The molecule has 24 heavy (non-hydrogen) atoms. The van der Waals surface area contributed by atoms with Crippen molar-refractivity contribution in [1.82, 2.24) is 9.80 Å². The Labute approximate surface area is 146 Å². The second-order valence-corrected chi connectivity index (χ2v) is 6.38. The molecule has 0 spiro atoms. The highest BCUT2D eigenvalue weighted by atomic mass is 32.1. The molecule has 7 nitrogen and oxygen atoms in total. The van der Waals surface area contributed by atoms with Crippen molar-refractivity contribution in [1.29, 1.82) is 10.5 Å². The van der Waals surface area contributed by atoms with Gasteiger partial charge in [0.15, 0.2) is 0 Å². The predicted octanol–water partition coefficient (Wildman–Crippen LogP) is 1.11. The maximum atomic E-state index is 12.2. The molecular weight excluding hydrogens is 326 g/mol. The summed E-state index contributed by atoms with van der Waals surface area (Å²) in [5.74, 6) is -0.158. The number of nitrogens with one attached hydrogen (secondary N) is 1. The minimum absolute atomic E-state index is 0.158. The number of thiophene rings is 1. The lowest BCUT2D eigenvalue weighted by molar-refractivity contribution is -0.117. The molecule has 1 aromatic heterocycles. The van der Waals surface area contributed by atoms with Crippen molar-refractivity contribution >= 4 is 22.2 Å². The largest absolute Gasteiger partial charge is 0.379 e. The van der Waals surface area contributed by atoms with E-state index in [1.165, 1.54) is 11.3 Å². The number of morpholine rings is 1. The van der Waals surface area contributed by atoms with Crippen molar-refractivity contribution in [2.24, 2.45) is 0 Å². The van der Waals surface area contributed by atoms with Gasteiger partial charge in [0.1, 0.15) is 11.1 Å². The Morgan fingerprint density at radius 3 is 2.88 bits per heavy atom. The van der Waals surface area contributed by atoms with Gasteiger partial charge in [0, 0.05) is 39.1 Å². The average molecular weight is 347 g/mol. The van der Waals surface area contributed by atoms with Gasteiger partial charge in [0.2, 0.25) is 5.91 Å². The molecule has 0 bridgehead atoms. The molecule has 1 N–H and O–H groups in total. The number of rotatable bonds is 8. The van der Waals surface area contributed by atoms with Crippen LogP contribution in [0.2, 0.25) is 0 Å². The summed E-state index contributed by atoms with van der Waals surface area (Å²) in [7, 11) is 0. The third kappa shape index (κ3) is 5.91. The molecule has 1 aliphatic heterocycles. The van der Waals surface area contributed by atoms with Crippen molar-refractivity contribution in [2.45, 2.75) is 6.42 Å². The third-order valence-electron chi connectivity index (χ3n) is 3.78. The number of nitriles is 2. The zero-order chi connectivity index (χ0) is 17.2. The summed E-state index contributed by atoms with van der Waals surface area (Å²) in [5, 5.41) is 22.9. The first-order chi connectivity index (χ1) is 11.7. The first-order valence-electron chi connectivity index (χ1n) is 7.89. The number of anilines is 1. The fraction of sp³-hybridized carbons (Fsp3) is 0.562. The number of nitrogens with zero attached hydrogens (tertiary/aromatic N) is 4. The maximum absolute atomic E-state index is 12.2. The maximum Gasteiger partial charge on any atom is 0.239 e. The Morgan fingerprint density at radius 2 is 2.17 bits per heavy atom. The molecule has 1 aliphatic rings. The number of hydrogen-bond acceptors (Lipinski definition) is 7. The van der Waals surface area contributed by atoms with Gasteiger partial charge in [0.25, 0.3) is 0 Å². The number of carbonyl (C=O) groups is 1. The van der Waals surface area contributed by atoms with Crippen molar-refractivity contribution < 1.29 is 9.53 Å². The second kappa shape index (κ2) is 10.0. The molecular formula is C16H21N5O2S. The van der Waals surface area contributed by atoms with Gasteiger partial charge in [-0.15, -0.1) is 11.3 Å². The van der Waals surface area contributed by atoms with Crippen LogP contribution < -0.4 is 5.32 Å². The summed E-state index contributed by atoms with van der Waals surface area (Å²) in [4.78, 5) is 16.5. The first kappa shape index (κ1) is 18.4.